The number of hydrogen-bond acceptors (Lipinski definition) is 3. The standard InChI is InChI=1S/C18H28N2O2/c1-13(20-12-17-4-3-5-18(17)22)16-8-6-15(7-9-16)10-11-19-14(2)21/h6-9,13,17-18,20,22H,3-5,10-12H2,1-2H3,(H,19,21). The van der Waals surface area contributed by atoms with Crippen molar-refractivity contribution in [2.75, 3.05) is 13.1 Å². The van der Waals surface area contributed by atoms with Gasteiger partial charge in [-0.3, -0.25) is 4.79 Å². The maximum absolute atomic E-state index is 10.8. The molecule has 0 saturated heterocycles. The lowest BCUT2D eigenvalue weighted by molar-refractivity contribution is -0.118. The molecule has 2 rings (SSSR count). The summed E-state index contributed by atoms with van der Waals surface area (Å²) in [5.41, 5.74) is 2.49. The summed E-state index contributed by atoms with van der Waals surface area (Å²) in [5, 5.41) is 16.2. The highest BCUT2D eigenvalue weighted by Gasteiger charge is 2.25. The Hall–Kier alpha value is -1.39. The highest BCUT2D eigenvalue weighted by molar-refractivity contribution is 5.72. The molecule has 1 aromatic carbocycles. The molecule has 0 heterocycles. The van der Waals surface area contributed by atoms with Crippen LogP contribution in [-0.4, -0.2) is 30.2 Å². The van der Waals surface area contributed by atoms with Gasteiger partial charge in [0.1, 0.15) is 0 Å². The number of nitrogens with one attached hydrogen (secondary N) is 2. The number of carbonyl (C=O) groups is 1. The van der Waals surface area contributed by atoms with Crippen LogP contribution >= 0.6 is 0 Å². The number of aliphatic hydroxyl groups is 1. The third kappa shape index (κ3) is 5.11. The summed E-state index contributed by atoms with van der Waals surface area (Å²) in [7, 11) is 0. The number of carbonyl (C=O) groups excluding carboxylic acids is 1. The monoisotopic (exact) mass is 304 g/mol. The Balaban J connectivity index is 1.77. The summed E-state index contributed by atoms with van der Waals surface area (Å²) in [5.74, 6) is 0.419. The molecule has 0 aromatic heterocycles. The van der Waals surface area contributed by atoms with Crippen molar-refractivity contribution in [3.8, 4) is 0 Å². The summed E-state index contributed by atoms with van der Waals surface area (Å²) in [6, 6.07) is 8.83. The van der Waals surface area contributed by atoms with Gasteiger partial charge in [-0.15, -0.1) is 0 Å². The predicted octanol–water partition coefficient (Wildman–Crippen LogP) is 2.18. The zero-order chi connectivity index (χ0) is 15.9. The van der Waals surface area contributed by atoms with Crippen LogP contribution in [0.2, 0.25) is 0 Å². The number of hydrogen-bond donors (Lipinski definition) is 3. The van der Waals surface area contributed by atoms with Gasteiger partial charge >= 0.3 is 0 Å². The number of amides is 1. The van der Waals surface area contributed by atoms with E-state index in [1.807, 2.05) is 0 Å². The van der Waals surface area contributed by atoms with Crippen LogP contribution in [0.3, 0.4) is 0 Å². The van der Waals surface area contributed by atoms with Crippen LogP contribution in [0.4, 0.5) is 0 Å². The first-order chi connectivity index (χ1) is 10.6. The third-order valence-corrected chi connectivity index (χ3v) is 4.57. The molecule has 0 spiro atoms. The van der Waals surface area contributed by atoms with E-state index in [1.54, 1.807) is 0 Å². The van der Waals surface area contributed by atoms with Crippen molar-refractivity contribution >= 4 is 5.91 Å². The lowest BCUT2D eigenvalue weighted by Gasteiger charge is -2.20. The summed E-state index contributed by atoms with van der Waals surface area (Å²) in [6.45, 7) is 5.26. The van der Waals surface area contributed by atoms with E-state index in [0.717, 1.165) is 32.2 Å². The molecule has 1 aliphatic carbocycles. The van der Waals surface area contributed by atoms with Gasteiger partial charge in [0.05, 0.1) is 6.10 Å². The van der Waals surface area contributed by atoms with Gasteiger partial charge in [-0.05, 0) is 43.2 Å². The third-order valence-electron chi connectivity index (χ3n) is 4.57. The molecule has 1 amide bonds. The normalized spacial score (nSPS) is 22.5. The van der Waals surface area contributed by atoms with E-state index >= 15 is 0 Å². The molecule has 3 atom stereocenters. The van der Waals surface area contributed by atoms with Crippen LogP contribution in [0.5, 0.6) is 0 Å². The van der Waals surface area contributed by atoms with Gasteiger partial charge in [0.15, 0.2) is 0 Å². The average molecular weight is 304 g/mol. The molecule has 122 valence electrons. The summed E-state index contributed by atoms with van der Waals surface area (Å²) >= 11 is 0. The van der Waals surface area contributed by atoms with Crippen LogP contribution in [0, 0.1) is 5.92 Å². The van der Waals surface area contributed by atoms with Crippen molar-refractivity contribution in [2.24, 2.45) is 5.92 Å². The van der Waals surface area contributed by atoms with E-state index in [9.17, 15) is 9.90 Å². The predicted molar refractivity (Wildman–Crippen MR) is 88.6 cm³/mol. The van der Waals surface area contributed by atoms with E-state index in [1.165, 1.54) is 18.1 Å². The summed E-state index contributed by atoms with van der Waals surface area (Å²) in [6.07, 6.45) is 3.95. The SMILES string of the molecule is CC(=O)NCCc1ccc(C(C)NCC2CCCC2O)cc1. The molecule has 4 heteroatoms. The number of benzene rings is 1. The van der Waals surface area contributed by atoms with Crippen LogP contribution in [0.1, 0.15) is 50.3 Å². The minimum absolute atomic E-state index is 0.0172. The van der Waals surface area contributed by atoms with Gasteiger partial charge in [-0.25, -0.2) is 0 Å². The maximum atomic E-state index is 10.8. The Kier molecular flexibility index (Phi) is 6.40. The van der Waals surface area contributed by atoms with Crippen LogP contribution in [0.25, 0.3) is 0 Å². The quantitative estimate of drug-likeness (QED) is 0.723. The van der Waals surface area contributed by atoms with Gasteiger partial charge in [0.2, 0.25) is 5.91 Å². The van der Waals surface area contributed by atoms with Crippen molar-refractivity contribution in [1.29, 1.82) is 0 Å². The van der Waals surface area contributed by atoms with Crippen molar-refractivity contribution in [3.05, 3.63) is 35.4 Å². The largest absolute Gasteiger partial charge is 0.393 e. The first-order valence-corrected chi connectivity index (χ1v) is 8.31. The smallest absolute Gasteiger partial charge is 0.216 e. The van der Waals surface area contributed by atoms with Gasteiger partial charge in [0.25, 0.3) is 0 Å². The highest BCUT2D eigenvalue weighted by atomic mass is 16.3. The lowest BCUT2D eigenvalue weighted by Crippen LogP contribution is -2.29. The number of aliphatic hydroxyl groups excluding tert-OH is 1. The lowest BCUT2D eigenvalue weighted by atomic mass is 10.0. The van der Waals surface area contributed by atoms with Gasteiger partial charge in [-0.1, -0.05) is 30.7 Å². The Morgan fingerprint density at radius 1 is 1.32 bits per heavy atom. The minimum Gasteiger partial charge on any atom is -0.393 e. The van der Waals surface area contributed by atoms with Crippen molar-refractivity contribution < 1.29 is 9.90 Å². The zero-order valence-corrected chi connectivity index (χ0v) is 13.6. The van der Waals surface area contributed by atoms with E-state index < -0.39 is 0 Å². The molecule has 3 N–H and O–H groups in total. The highest BCUT2D eigenvalue weighted by Crippen LogP contribution is 2.25. The molecular weight excluding hydrogens is 276 g/mol. The molecule has 0 aliphatic heterocycles. The van der Waals surface area contributed by atoms with Gasteiger partial charge < -0.3 is 15.7 Å². The molecule has 22 heavy (non-hydrogen) atoms. The van der Waals surface area contributed by atoms with Crippen LogP contribution in [-0.2, 0) is 11.2 Å². The van der Waals surface area contributed by atoms with E-state index in [0.29, 0.717) is 12.5 Å². The molecule has 0 bridgehead atoms. The first-order valence-electron chi connectivity index (χ1n) is 8.31. The Labute approximate surface area is 133 Å². The fourth-order valence-corrected chi connectivity index (χ4v) is 3.06. The van der Waals surface area contributed by atoms with Crippen LogP contribution < -0.4 is 10.6 Å². The van der Waals surface area contributed by atoms with Crippen molar-refractivity contribution in [1.82, 2.24) is 10.6 Å². The summed E-state index contributed by atoms with van der Waals surface area (Å²) in [4.78, 5) is 10.8. The second kappa shape index (κ2) is 8.30. The molecule has 3 unspecified atom stereocenters. The fraction of sp³-hybridized carbons (Fsp3) is 0.611. The second-order valence-electron chi connectivity index (χ2n) is 6.36. The number of rotatable bonds is 7. The molecule has 1 saturated carbocycles. The molecule has 0 radical (unpaired) electrons. The fourth-order valence-electron chi connectivity index (χ4n) is 3.06. The first kappa shape index (κ1) is 17.0. The molecule has 1 aliphatic rings. The zero-order valence-electron chi connectivity index (χ0n) is 13.6. The second-order valence-corrected chi connectivity index (χ2v) is 6.36. The van der Waals surface area contributed by atoms with Crippen molar-refractivity contribution in [3.63, 3.8) is 0 Å². The Morgan fingerprint density at radius 2 is 2.05 bits per heavy atom. The topological polar surface area (TPSA) is 61.4 Å². The van der Waals surface area contributed by atoms with E-state index in [-0.39, 0.29) is 18.1 Å². The average Bonchev–Trinajstić information content (AvgIpc) is 2.90. The molecule has 4 nitrogen and oxygen atoms in total. The molecule has 1 aromatic rings. The van der Waals surface area contributed by atoms with Crippen molar-refractivity contribution in [2.45, 2.75) is 51.7 Å². The maximum Gasteiger partial charge on any atom is 0.216 e. The Morgan fingerprint density at radius 3 is 2.64 bits per heavy atom. The molecule has 1 fully saturated rings. The van der Waals surface area contributed by atoms with Crippen LogP contribution in [0.15, 0.2) is 24.3 Å². The van der Waals surface area contributed by atoms with E-state index in [4.69, 9.17) is 0 Å². The van der Waals surface area contributed by atoms with Gasteiger partial charge in [-0.2, -0.15) is 0 Å². The van der Waals surface area contributed by atoms with Gasteiger partial charge in [0, 0.05) is 26.1 Å². The summed E-state index contributed by atoms with van der Waals surface area (Å²) < 4.78 is 0. The minimum atomic E-state index is -0.129. The Bertz CT molecular complexity index is 472. The van der Waals surface area contributed by atoms with E-state index in [2.05, 4.69) is 41.8 Å². The molecular formula is C18H28N2O2.